The molecule has 0 aliphatic carbocycles. The Balaban J connectivity index is 1.84. The lowest BCUT2D eigenvalue weighted by atomic mass is 10.2. The monoisotopic (exact) mass is 375 g/mol. The van der Waals surface area contributed by atoms with Gasteiger partial charge >= 0.3 is 0 Å². The van der Waals surface area contributed by atoms with Gasteiger partial charge in [-0.3, -0.25) is 10.1 Å². The number of rotatable bonds is 6. The molecule has 2 aromatic carbocycles. The van der Waals surface area contributed by atoms with Crippen LogP contribution in [-0.4, -0.2) is 9.91 Å². The summed E-state index contributed by atoms with van der Waals surface area (Å²) in [5.74, 6) is 1.05. The van der Waals surface area contributed by atoms with Crippen LogP contribution in [0.1, 0.15) is 10.4 Å². The molecule has 0 saturated heterocycles. The number of aryl methyl sites for hydroxylation is 1. The number of para-hydroxylation sites is 1. The third kappa shape index (κ3) is 4.46. The van der Waals surface area contributed by atoms with Crippen molar-refractivity contribution in [2.45, 2.75) is 13.5 Å². The highest BCUT2D eigenvalue weighted by molar-refractivity contribution is 7.15. The SMILES string of the molecule is Cc1ccccc1Oc1cc(NCc2cnc(Cl)s2)cc([N+](=O)[O-])c1. The Labute approximate surface area is 153 Å². The summed E-state index contributed by atoms with van der Waals surface area (Å²) in [4.78, 5) is 15.7. The number of nitro groups is 1. The number of anilines is 1. The zero-order chi connectivity index (χ0) is 17.8. The number of nitrogens with one attached hydrogen (secondary N) is 1. The van der Waals surface area contributed by atoms with Gasteiger partial charge < -0.3 is 10.1 Å². The first-order valence-electron chi connectivity index (χ1n) is 7.38. The maximum atomic E-state index is 11.2. The summed E-state index contributed by atoms with van der Waals surface area (Å²) in [5, 5.41) is 14.3. The van der Waals surface area contributed by atoms with E-state index in [2.05, 4.69) is 10.3 Å². The maximum absolute atomic E-state index is 11.2. The number of hydrogen-bond donors (Lipinski definition) is 1. The lowest BCUT2D eigenvalue weighted by molar-refractivity contribution is -0.384. The second-order valence-electron chi connectivity index (χ2n) is 5.27. The molecule has 0 unspecified atom stereocenters. The fraction of sp³-hybridized carbons (Fsp3) is 0.118. The van der Waals surface area contributed by atoms with Gasteiger partial charge in [-0.05, 0) is 18.6 Å². The van der Waals surface area contributed by atoms with E-state index in [1.54, 1.807) is 12.3 Å². The summed E-state index contributed by atoms with van der Waals surface area (Å²) in [7, 11) is 0. The minimum absolute atomic E-state index is 0.0454. The average molecular weight is 376 g/mol. The van der Waals surface area contributed by atoms with Crippen LogP contribution in [0.15, 0.2) is 48.7 Å². The van der Waals surface area contributed by atoms with Crippen molar-refractivity contribution in [1.82, 2.24) is 4.98 Å². The van der Waals surface area contributed by atoms with Gasteiger partial charge in [0.1, 0.15) is 11.5 Å². The van der Waals surface area contributed by atoms with Crippen LogP contribution in [0.5, 0.6) is 11.5 Å². The molecule has 0 amide bonds. The number of benzene rings is 2. The first-order valence-corrected chi connectivity index (χ1v) is 8.58. The zero-order valence-corrected chi connectivity index (χ0v) is 14.8. The number of thiazole rings is 1. The summed E-state index contributed by atoms with van der Waals surface area (Å²) in [6.45, 7) is 2.38. The molecule has 0 spiro atoms. The Morgan fingerprint density at radius 3 is 2.80 bits per heavy atom. The highest BCUT2D eigenvalue weighted by atomic mass is 35.5. The number of non-ortho nitro benzene ring substituents is 1. The quantitative estimate of drug-likeness (QED) is 0.460. The second kappa shape index (κ2) is 7.50. The molecule has 3 rings (SSSR count). The molecule has 3 aromatic rings. The van der Waals surface area contributed by atoms with E-state index >= 15 is 0 Å². The van der Waals surface area contributed by atoms with Gasteiger partial charge in [0.05, 0.1) is 17.5 Å². The van der Waals surface area contributed by atoms with E-state index in [9.17, 15) is 10.1 Å². The molecule has 1 aromatic heterocycles. The lowest BCUT2D eigenvalue weighted by Gasteiger charge is -2.11. The highest BCUT2D eigenvalue weighted by Gasteiger charge is 2.12. The molecule has 6 nitrogen and oxygen atoms in total. The van der Waals surface area contributed by atoms with Crippen molar-refractivity contribution in [2.75, 3.05) is 5.32 Å². The fourth-order valence-corrected chi connectivity index (χ4v) is 3.12. The Morgan fingerprint density at radius 1 is 1.32 bits per heavy atom. The van der Waals surface area contributed by atoms with Crippen molar-refractivity contribution in [3.05, 3.63) is 73.7 Å². The summed E-state index contributed by atoms with van der Waals surface area (Å²) >= 11 is 7.16. The first-order chi connectivity index (χ1) is 12.0. The van der Waals surface area contributed by atoms with Crippen molar-refractivity contribution in [3.63, 3.8) is 0 Å². The van der Waals surface area contributed by atoms with Crippen LogP contribution in [-0.2, 0) is 6.54 Å². The average Bonchev–Trinajstić information content (AvgIpc) is 3.00. The molecular weight excluding hydrogens is 362 g/mol. The molecule has 8 heteroatoms. The molecule has 0 aliphatic heterocycles. The van der Waals surface area contributed by atoms with Crippen molar-refractivity contribution in [1.29, 1.82) is 0 Å². The Hall–Kier alpha value is -2.64. The molecule has 1 heterocycles. The molecule has 0 radical (unpaired) electrons. The third-order valence-electron chi connectivity index (χ3n) is 3.42. The maximum Gasteiger partial charge on any atom is 0.275 e. The number of nitro benzene ring substituents is 1. The number of hydrogen-bond acceptors (Lipinski definition) is 6. The molecule has 0 fully saturated rings. The summed E-state index contributed by atoms with van der Waals surface area (Å²) in [5.41, 5.74) is 1.49. The van der Waals surface area contributed by atoms with Crippen LogP contribution in [0.25, 0.3) is 0 Å². The van der Waals surface area contributed by atoms with Gasteiger partial charge in [0, 0.05) is 28.9 Å². The largest absolute Gasteiger partial charge is 0.457 e. The Morgan fingerprint density at radius 2 is 2.12 bits per heavy atom. The van der Waals surface area contributed by atoms with E-state index in [-0.39, 0.29) is 5.69 Å². The third-order valence-corrected chi connectivity index (χ3v) is 4.53. The van der Waals surface area contributed by atoms with Gasteiger partial charge in [0.2, 0.25) is 0 Å². The highest BCUT2D eigenvalue weighted by Crippen LogP contribution is 2.31. The normalized spacial score (nSPS) is 10.5. The van der Waals surface area contributed by atoms with Crippen LogP contribution in [0, 0.1) is 17.0 Å². The van der Waals surface area contributed by atoms with Gasteiger partial charge in [-0.2, -0.15) is 0 Å². The summed E-state index contributed by atoms with van der Waals surface area (Å²) in [6.07, 6.45) is 1.67. The van der Waals surface area contributed by atoms with Crippen molar-refractivity contribution >= 4 is 34.3 Å². The molecule has 128 valence electrons. The Kier molecular flexibility index (Phi) is 5.16. The smallest absolute Gasteiger partial charge is 0.275 e. The van der Waals surface area contributed by atoms with E-state index in [1.807, 2.05) is 31.2 Å². The van der Waals surface area contributed by atoms with Crippen molar-refractivity contribution in [2.24, 2.45) is 0 Å². The van der Waals surface area contributed by atoms with E-state index in [0.29, 0.717) is 28.2 Å². The second-order valence-corrected chi connectivity index (χ2v) is 6.97. The van der Waals surface area contributed by atoms with Gasteiger partial charge in [-0.15, -0.1) is 11.3 Å². The lowest BCUT2D eigenvalue weighted by Crippen LogP contribution is -1.99. The van der Waals surface area contributed by atoms with Crippen LogP contribution in [0.2, 0.25) is 4.47 Å². The molecule has 1 N–H and O–H groups in total. The predicted molar refractivity (Wildman–Crippen MR) is 98.8 cm³/mol. The van der Waals surface area contributed by atoms with E-state index in [1.165, 1.54) is 23.5 Å². The number of ether oxygens (including phenoxy) is 1. The topological polar surface area (TPSA) is 77.3 Å². The predicted octanol–water partition coefficient (Wildman–Crippen LogP) is 5.42. The van der Waals surface area contributed by atoms with Crippen LogP contribution in [0.3, 0.4) is 0 Å². The molecule has 0 saturated carbocycles. The number of halogens is 1. The summed E-state index contributed by atoms with van der Waals surface area (Å²) in [6, 6.07) is 12.1. The molecule has 0 aliphatic rings. The van der Waals surface area contributed by atoms with Crippen LogP contribution >= 0.6 is 22.9 Å². The zero-order valence-electron chi connectivity index (χ0n) is 13.2. The number of nitrogens with zero attached hydrogens (tertiary/aromatic N) is 2. The number of aromatic nitrogens is 1. The van der Waals surface area contributed by atoms with Gasteiger partial charge in [0.15, 0.2) is 4.47 Å². The van der Waals surface area contributed by atoms with E-state index in [4.69, 9.17) is 16.3 Å². The molecular formula is C17H14ClN3O3S. The molecule has 0 atom stereocenters. The minimum atomic E-state index is -0.445. The molecule has 0 bridgehead atoms. The molecule has 25 heavy (non-hydrogen) atoms. The summed E-state index contributed by atoms with van der Waals surface area (Å²) < 4.78 is 6.28. The van der Waals surface area contributed by atoms with E-state index in [0.717, 1.165) is 10.4 Å². The van der Waals surface area contributed by atoms with Crippen molar-refractivity contribution in [3.8, 4) is 11.5 Å². The standard InChI is InChI=1S/C17H14ClN3O3S/c1-11-4-2-3-5-16(11)24-14-7-12(6-13(8-14)21(22)23)19-9-15-10-20-17(18)25-15/h2-8,10,19H,9H2,1H3. The minimum Gasteiger partial charge on any atom is -0.457 e. The van der Waals surface area contributed by atoms with E-state index < -0.39 is 4.92 Å². The van der Waals surface area contributed by atoms with Crippen LogP contribution in [0.4, 0.5) is 11.4 Å². The van der Waals surface area contributed by atoms with Gasteiger partial charge in [0.25, 0.3) is 5.69 Å². The fourth-order valence-electron chi connectivity index (χ4n) is 2.20. The van der Waals surface area contributed by atoms with Gasteiger partial charge in [-0.1, -0.05) is 29.8 Å². The first kappa shape index (κ1) is 17.2. The van der Waals surface area contributed by atoms with Crippen LogP contribution < -0.4 is 10.1 Å². The van der Waals surface area contributed by atoms with Gasteiger partial charge in [-0.25, -0.2) is 4.98 Å². The van der Waals surface area contributed by atoms with Crippen molar-refractivity contribution < 1.29 is 9.66 Å². The Bertz CT molecular complexity index is 914.